The maximum atomic E-state index is 11.5. The van der Waals surface area contributed by atoms with Gasteiger partial charge in [-0.3, -0.25) is 0 Å². The zero-order chi connectivity index (χ0) is 13.2. The lowest BCUT2D eigenvalue weighted by atomic mass is 9.92. The van der Waals surface area contributed by atoms with E-state index in [0.717, 1.165) is 11.5 Å². The third-order valence-electron chi connectivity index (χ3n) is 2.66. The van der Waals surface area contributed by atoms with Crippen molar-refractivity contribution in [2.45, 2.75) is 19.4 Å². The van der Waals surface area contributed by atoms with Crippen molar-refractivity contribution in [3.05, 3.63) is 41.7 Å². The highest BCUT2D eigenvalue weighted by atomic mass is 32.1. The van der Waals surface area contributed by atoms with Crippen LogP contribution < -0.4 is 5.32 Å². The topological polar surface area (TPSA) is 75.1 Å². The summed E-state index contributed by atoms with van der Waals surface area (Å²) in [7, 11) is 0. The maximum Gasteiger partial charge on any atom is 0.333 e. The fraction of sp³-hybridized carbons (Fsp3) is 0.250. The molecular weight excluding hydrogens is 250 g/mol. The van der Waals surface area contributed by atoms with Gasteiger partial charge in [-0.25, -0.2) is 9.78 Å². The Kier molecular flexibility index (Phi) is 3.29. The monoisotopic (exact) mass is 263 g/mol. The Hall–Kier alpha value is -1.95. The number of nitrogens with one attached hydrogen (secondary N) is 1. The molecule has 6 heteroatoms. The molecule has 0 fully saturated rings. The first-order valence-corrected chi connectivity index (χ1v) is 6.17. The van der Waals surface area contributed by atoms with Gasteiger partial charge in [0.2, 0.25) is 5.13 Å². The van der Waals surface area contributed by atoms with Crippen LogP contribution in [-0.2, 0) is 10.3 Å². The highest BCUT2D eigenvalue weighted by Crippen LogP contribution is 2.27. The minimum absolute atomic E-state index is 0.501. The average molecular weight is 263 g/mol. The maximum absolute atomic E-state index is 11.5. The van der Waals surface area contributed by atoms with Gasteiger partial charge in [-0.05, 0) is 19.4 Å². The first-order chi connectivity index (χ1) is 8.52. The highest BCUT2D eigenvalue weighted by molar-refractivity contribution is 7.09. The molecule has 0 bridgehead atoms. The summed E-state index contributed by atoms with van der Waals surface area (Å²) in [5.74, 6) is -0.329. The minimum atomic E-state index is -1.22. The lowest BCUT2D eigenvalue weighted by Gasteiger charge is -2.26. The van der Waals surface area contributed by atoms with Gasteiger partial charge in [-0.2, -0.15) is 4.37 Å². The molecule has 0 amide bonds. The van der Waals surface area contributed by atoms with E-state index in [1.165, 1.54) is 0 Å². The molecule has 1 aromatic heterocycles. The second-order valence-corrected chi connectivity index (χ2v) is 4.82. The molecule has 2 N–H and O–H groups in total. The van der Waals surface area contributed by atoms with E-state index in [4.69, 9.17) is 0 Å². The van der Waals surface area contributed by atoms with Crippen LogP contribution in [0.1, 0.15) is 18.3 Å². The Morgan fingerprint density at radius 3 is 2.56 bits per heavy atom. The van der Waals surface area contributed by atoms with E-state index >= 15 is 0 Å². The lowest BCUT2D eigenvalue weighted by molar-refractivity contribution is -0.142. The number of benzene rings is 1. The molecule has 5 nitrogen and oxygen atoms in total. The fourth-order valence-corrected chi connectivity index (χ4v) is 2.26. The number of aromatic nitrogens is 2. The summed E-state index contributed by atoms with van der Waals surface area (Å²) < 4.78 is 4.03. The van der Waals surface area contributed by atoms with E-state index in [1.54, 1.807) is 26.0 Å². The molecule has 0 saturated heterocycles. The largest absolute Gasteiger partial charge is 0.479 e. The fourth-order valence-electron chi connectivity index (χ4n) is 1.58. The van der Waals surface area contributed by atoms with Crippen molar-refractivity contribution in [2.24, 2.45) is 0 Å². The number of carbonyl (C=O) groups is 1. The van der Waals surface area contributed by atoms with Crippen LogP contribution in [0.15, 0.2) is 30.3 Å². The van der Waals surface area contributed by atoms with Crippen LogP contribution >= 0.6 is 11.5 Å². The first-order valence-electron chi connectivity index (χ1n) is 5.40. The molecule has 2 aromatic rings. The quantitative estimate of drug-likeness (QED) is 0.885. The standard InChI is InChI=1S/C12H13N3O2S/c1-8-13-11(18-15-8)14-12(2,10(16)17)9-6-4-3-5-7-9/h3-7H,1-2H3,(H,16,17)(H,13,14,15). The van der Waals surface area contributed by atoms with Crippen LogP contribution in [0, 0.1) is 6.92 Å². The molecule has 0 radical (unpaired) electrons. The summed E-state index contributed by atoms with van der Waals surface area (Å²) >= 11 is 1.15. The minimum Gasteiger partial charge on any atom is -0.479 e. The number of carboxylic acids is 1. The molecule has 0 aliphatic carbocycles. The number of carboxylic acid groups (broad SMARTS) is 1. The van der Waals surface area contributed by atoms with Crippen LogP contribution in [0.2, 0.25) is 0 Å². The Morgan fingerprint density at radius 2 is 2.06 bits per heavy atom. The second kappa shape index (κ2) is 4.73. The normalized spacial score (nSPS) is 13.9. The van der Waals surface area contributed by atoms with Gasteiger partial charge >= 0.3 is 5.97 Å². The molecule has 0 saturated carbocycles. The number of nitrogens with zero attached hydrogens (tertiary/aromatic N) is 2. The molecule has 0 spiro atoms. The summed E-state index contributed by atoms with van der Waals surface area (Å²) in [6.45, 7) is 3.38. The van der Waals surface area contributed by atoms with Crippen molar-refractivity contribution in [1.29, 1.82) is 0 Å². The molecule has 18 heavy (non-hydrogen) atoms. The van der Waals surface area contributed by atoms with Gasteiger partial charge in [0, 0.05) is 11.5 Å². The molecule has 0 aliphatic rings. The molecule has 1 heterocycles. The Balaban J connectivity index is 2.36. The Bertz CT molecular complexity index is 555. The SMILES string of the molecule is Cc1nsc(NC(C)(C(=O)O)c2ccccc2)n1. The van der Waals surface area contributed by atoms with Gasteiger partial charge in [-0.15, -0.1) is 0 Å². The van der Waals surface area contributed by atoms with E-state index in [0.29, 0.717) is 16.5 Å². The van der Waals surface area contributed by atoms with Crippen molar-refractivity contribution in [2.75, 3.05) is 5.32 Å². The van der Waals surface area contributed by atoms with Crippen molar-refractivity contribution in [1.82, 2.24) is 9.36 Å². The van der Waals surface area contributed by atoms with Crippen molar-refractivity contribution < 1.29 is 9.90 Å². The van der Waals surface area contributed by atoms with Crippen LogP contribution in [0.4, 0.5) is 5.13 Å². The zero-order valence-electron chi connectivity index (χ0n) is 10.0. The van der Waals surface area contributed by atoms with E-state index in [1.807, 2.05) is 18.2 Å². The van der Waals surface area contributed by atoms with E-state index in [2.05, 4.69) is 14.7 Å². The third kappa shape index (κ3) is 2.33. The number of anilines is 1. The Labute approximate surface area is 109 Å². The van der Waals surface area contributed by atoms with Gasteiger partial charge in [0.1, 0.15) is 5.82 Å². The van der Waals surface area contributed by atoms with Crippen LogP contribution in [0.25, 0.3) is 0 Å². The average Bonchev–Trinajstić information content (AvgIpc) is 2.75. The predicted molar refractivity (Wildman–Crippen MR) is 69.7 cm³/mol. The van der Waals surface area contributed by atoms with Gasteiger partial charge in [0.15, 0.2) is 5.54 Å². The second-order valence-electron chi connectivity index (χ2n) is 4.07. The summed E-state index contributed by atoms with van der Waals surface area (Å²) in [4.78, 5) is 15.7. The summed E-state index contributed by atoms with van der Waals surface area (Å²) in [6.07, 6.45) is 0. The molecule has 1 aromatic carbocycles. The number of aryl methyl sites for hydroxylation is 1. The summed E-state index contributed by atoms with van der Waals surface area (Å²) in [5, 5.41) is 12.9. The van der Waals surface area contributed by atoms with Crippen molar-refractivity contribution in [3.63, 3.8) is 0 Å². The lowest BCUT2D eigenvalue weighted by Crippen LogP contribution is -2.40. The molecule has 94 valence electrons. The van der Waals surface area contributed by atoms with Crippen LogP contribution in [0.3, 0.4) is 0 Å². The molecule has 1 unspecified atom stereocenters. The molecule has 2 rings (SSSR count). The third-order valence-corrected chi connectivity index (χ3v) is 3.39. The Morgan fingerprint density at radius 1 is 1.39 bits per heavy atom. The van der Waals surface area contributed by atoms with E-state index in [-0.39, 0.29) is 0 Å². The number of hydrogen-bond acceptors (Lipinski definition) is 5. The molecular formula is C12H13N3O2S. The van der Waals surface area contributed by atoms with Gasteiger partial charge in [-0.1, -0.05) is 30.3 Å². The van der Waals surface area contributed by atoms with Crippen molar-refractivity contribution >= 4 is 22.6 Å². The van der Waals surface area contributed by atoms with E-state index < -0.39 is 11.5 Å². The zero-order valence-corrected chi connectivity index (χ0v) is 10.9. The highest BCUT2D eigenvalue weighted by Gasteiger charge is 2.35. The van der Waals surface area contributed by atoms with Crippen LogP contribution in [-0.4, -0.2) is 20.4 Å². The summed E-state index contributed by atoms with van der Waals surface area (Å²) in [6, 6.07) is 9.01. The van der Waals surface area contributed by atoms with Gasteiger partial charge < -0.3 is 10.4 Å². The number of aliphatic carboxylic acids is 1. The van der Waals surface area contributed by atoms with Crippen LogP contribution in [0.5, 0.6) is 0 Å². The summed E-state index contributed by atoms with van der Waals surface area (Å²) in [5.41, 5.74) is -0.543. The number of rotatable bonds is 4. The molecule has 0 aliphatic heterocycles. The smallest absolute Gasteiger partial charge is 0.333 e. The van der Waals surface area contributed by atoms with Gasteiger partial charge in [0.05, 0.1) is 0 Å². The van der Waals surface area contributed by atoms with Crippen molar-refractivity contribution in [3.8, 4) is 0 Å². The molecule has 1 atom stereocenters. The first kappa shape index (κ1) is 12.5. The van der Waals surface area contributed by atoms with Gasteiger partial charge in [0.25, 0.3) is 0 Å². The predicted octanol–water partition coefficient (Wildman–Crippen LogP) is 2.26. The van der Waals surface area contributed by atoms with E-state index in [9.17, 15) is 9.90 Å². The number of hydrogen-bond donors (Lipinski definition) is 2.